The average Bonchev–Trinajstić information content (AvgIpc) is 3.38. The van der Waals surface area contributed by atoms with E-state index < -0.39 is 0 Å². The molecule has 1 heterocycles. The maximum Gasteiger partial charge on any atom is 0.238 e. The molecule has 3 aliphatic carbocycles. The Morgan fingerprint density at radius 3 is 2.00 bits per heavy atom. The maximum absolute atomic E-state index is 13.1. The van der Waals surface area contributed by atoms with Crippen LogP contribution < -0.4 is 9.64 Å². The molecule has 2 bridgehead atoms. The van der Waals surface area contributed by atoms with E-state index in [-0.39, 0.29) is 35.5 Å². The van der Waals surface area contributed by atoms with Gasteiger partial charge in [-0.3, -0.25) is 9.59 Å². The highest BCUT2D eigenvalue weighted by molar-refractivity contribution is 6.23. The minimum absolute atomic E-state index is 0.0342. The van der Waals surface area contributed by atoms with Crippen LogP contribution >= 0.6 is 0 Å². The molecule has 0 unspecified atom stereocenters. The number of rotatable bonds is 2. The molecule has 4 atom stereocenters. The fraction of sp³-hybridized carbons (Fsp3) is 0.429. The van der Waals surface area contributed by atoms with Gasteiger partial charge in [-0.05, 0) is 49.9 Å². The summed E-state index contributed by atoms with van der Waals surface area (Å²) in [5.41, 5.74) is 3.58. The van der Waals surface area contributed by atoms with Crippen LogP contribution in [0.15, 0.2) is 47.6 Å². The largest absolute Gasteiger partial charge is 0.497 e. The Morgan fingerprint density at radius 2 is 1.48 bits per heavy atom. The van der Waals surface area contributed by atoms with Gasteiger partial charge in [-0.25, -0.2) is 4.90 Å². The number of carbonyl (C=O) groups excluding carboxylic acids is 2. The summed E-state index contributed by atoms with van der Waals surface area (Å²) in [7, 11) is 1.60. The van der Waals surface area contributed by atoms with Crippen molar-refractivity contribution in [2.45, 2.75) is 25.7 Å². The van der Waals surface area contributed by atoms with Gasteiger partial charge in [0.25, 0.3) is 0 Å². The van der Waals surface area contributed by atoms with Gasteiger partial charge in [0.15, 0.2) is 0 Å². The first kappa shape index (κ1) is 14.9. The number of imide groups is 1. The van der Waals surface area contributed by atoms with E-state index in [0.717, 1.165) is 18.6 Å². The van der Waals surface area contributed by atoms with E-state index in [1.165, 1.54) is 28.9 Å². The zero-order valence-electron chi connectivity index (χ0n) is 14.3. The Balaban J connectivity index is 1.51. The van der Waals surface area contributed by atoms with Gasteiger partial charge >= 0.3 is 0 Å². The maximum atomic E-state index is 13.1. The van der Waals surface area contributed by atoms with Crippen LogP contribution in [0.2, 0.25) is 0 Å². The number of hydrogen-bond donors (Lipinski definition) is 0. The van der Waals surface area contributed by atoms with Crippen molar-refractivity contribution in [1.29, 1.82) is 0 Å². The molecule has 1 aromatic rings. The first-order valence-electron chi connectivity index (χ1n) is 9.12. The zero-order chi connectivity index (χ0) is 17.1. The zero-order valence-corrected chi connectivity index (χ0v) is 14.3. The molecule has 1 saturated heterocycles. The van der Waals surface area contributed by atoms with Crippen molar-refractivity contribution >= 4 is 17.5 Å². The fourth-order valence-electron chi connectivity index (χ4n) is 5.31. The fourth-order valence-corrected chi connectivity index (χ4v) is 5.31. The summed E-state index contributed by atoms with van der Waals surface area (Å²) in [5.74, 6) is 0.533. The molecule has 0 spiro atoms. The Bertz CT molecular complexity index is 778. The van der Waals surface area contributed by atoms with Gasteiger partial charge in [0.2, 0.25) is 11.8 Å². The van der Waals surface area contributed by atoms with Gasteiger partial charge in [-0.1, -0.05) is 23.3 Å². The van der Waals surface area contributed by atoms with Crippen molar-refractivity contribution in [2.24, 2.45) is 23.7 Å². The molecule has 5 rings (SSSR count). The second kappa shape index (κ2) is 5.32. The molecule has 0 N–H and O–H groups in total. The number of carbonyl (C=O) groups is 2. The van der Waals surface area contributed by atoms with Crippen molar-refractivity contribution in [3.05, 3.63) is 47.6 Å². The molecule has 4 heteroatoms. The predicted molar refractivity (Wildman–Crippen MR) is 94.1 cm³/mol. The third-order valence-electron chi connectivity index (χ3n) is 6.36. The third kappa shape index (κ3) is 1.94. The molecule has 0 radical (unpaired) electrons. The molecule has 1 aromatic carbocycles. The Labute approximate surface area is 147 Å². The highest BCUT2D eigenvalue weighted by Crippen LogP contribution is 2.58. The van der Waals surface area contributed by atoms with Crippen LogP contribution in [-0.4, -0.2) is 18.9 Å². The van der Waals surface area contributed by atoms with Crippen molar-refractivity contribution in [3.63, 3.8) is 0 Å². The van der Waals surface area contributed by atoms with Crippen LogP contribution in [0.1, 0.15) is 25.7 Å². The van der Waals surface area contributed by atoms with Crippen LogP contribution in [0, 0.1) is 23.7 Å². The summed E-state index contributed by atoms with van der Waals surface area (Å²) in [6.45, 7) is 0. The second-order valence-electron chi connectivity index (χ2n) is 7.46. The van der Waals surface area contributed by atoms with Crippen LogP contribution in [-0.2, 0) is 9.59 Å². The van der Waals surface area contributed by atoms with Crippen molar-refractivity contribution in [3.8, 4) is 5.75 Å². The van der Waals surface area contributed by atoms with E-state index in [1.54, 1.807) is 31.4 Å². The minimum atomic E-state index is -0.201. The predicted octanol–water partition coefficient (Wildman–Crippen LogP) is 3.49. The van der Waals surface area contributed by atoms with Gasteiger partial charge in [-0.15, -0.1) is 0 Å². The molecule has 2 amide bonds. The number of ether oxygens (including phenoxy) is 1. The summed E-state index contributed by atoms with van der Waals surface area (Å²) in [5, 5.41) is 0. The first-order chi connectivity index (χ1) is 12.2. The lowest BCUT2D eigenvalue weighted by atomic mass is 9.85. The number of fused-ring (bicyclic) bond motifs is 5. The number of allylic oxidation sites excluding steroid dienone is 4. The van der Waals surface area contributed by atoms with Crippen LogP contribution in [0.3, 0.4) is 0 Å². The monoisotopic (exact) mass is 335 g/mol. The molecule has 0 aromatic heterocycles. The van der Waals surface area contributed by atoms with Gasteiger partial charge < -0.3 is 4.74 Å². The lowest BCUT2D eigenvalue weighted by molar-refractivity contribution is -0.122. The molecule has 128 valence electrons. The van der Waals surface area contributed by atoms with Gasteiger partial charge in [0, 0.05) is 11.8 Å². The van der Waals surface area contributed by atoms with E-state index >= 15 is 0 Å². The highest BCUT2D eigenvalue weighted by atomic mass is 16.5. The van der Waals surface area contributed by atoms with E-state index in [4.69, 9.17) is 4.74 Å². The molecule has 3 fully saturated rings. The van der Waals surface area contributed by atoms with Crippen LogP contribution in [0.25, 0.3) is 0 Å². The number of amides is 2. The van der Waals surface area contributed by atoms with Crippen molar-refractivity contribution in [1.82, 2.24) is 0 Å². The van der Waals surface area contributed by atoms with Gasteiger partial charge in [-0.2, -0.15) is 0 Å². The quantitative estimate of drug-likeness (QED) is 0.614. The minimum Gasteiger partial charge on any atom is -0.497 e. The van der Waals surface area contributed by atoms with E-state index in [2.05, 4.69) is 12.2 Å². The number of methoxy groups -OCH3 is 1. The molecule has 4 aliphatic rings. The number of benzene rings is 1. The summed E-state index contributed by atoms with van der Waals surface area (Å²) < 4.78 is 5.17. The smallest absolute Gasteiger partial charge is 0.238 e. The molecule has 25 heavy (non-hydrogen) atoms. The lowest BCUT2D eigenvalue weighted by Crippen LogP contribution is -2.33. The van der Waals surface area contributed by atoms with Crippen LogP contribution in [0.4, 0.5) is 5.69 Å². The number of hydrogen-bond acceptors (Lipinski definition) is 3. The Morgan fingerprint density at radius 1 is 0.920 bits per heavy atom. The SMILES string of the molecule is COc1ccc(N2C(=O)[C@@H]3[C@@H](C2=O)[C@H]2C=C[C@H]3C2=C2CCCC2)cc1. The van der Waals surface area contributed by atoms with E-state index in [1.807, 2.05) is 0 Å². The standard InChI is InChI=1S/C21H21NO3/c1-25-14-8-6-13(7-9-14)22-20(23)18-15-10-11-16(19(18)21(22)24)17(15)12-4-2-3-5-12/h6-11,15-16,18-19H,2-5H2,1H3/t15-,16-,18-,19-/m0/s1. The van der Waals surface area contributed by atoms with E-state index in [9.17, 15) is 9.59 Å². The number of anilines is 1. The van der Waals surface area contributed by atoms with Gasteiger partial charge in [0.05, 0.1) is 24.6 Å². The summed E-state index contributed by atoms with van der Waals surface area (Å²) in [6.07, 6.45) is 9.13. The highest BCUT2D eigenvalue weighted by Gasteiger charge is 2.62. The third-order valence-corrected chi connectivity index (χ3v) is 6.36. The summed E-state index contributed by atoms with van der Waals surface area (Å²) in [4.78, 5) is 27.6. The molecular formula is C21H21NO3. The molecular weight excluding hydrogens is 314 g/mol. The Hall–Kier alpha value is -2.36. The van der Waals surface area contributed by atoms with Crippen molar-refractivity contribution < 1.29 is 14.3 Å². The number of nitrogens with zero attached hydrogens (tertiary/aromatic N) is 1. The molecule has 2 saturated carbocycles. The molecule has 1 aliphatic heterocycles. The summed E-state index contributed by atoms with van der Waals surface area (Å²) >= 11 is 0. The molecule has 4 nitrogen and oxygen atoms in total. The Kier molecular flexibility index (Phi) is 3.18. The van der Waals surface area contributed by atoms with Gasteiger partial charge in [0.1, 0.15) is 5.75 Å². The average molecular weight is 335 g/mol. The summed E-state index contributed by atoms with van der Waals surface area (Å²) in [6, 6.07) is 7.17. The van der Waals surface area contributed by atoms with Crippen LogP contribution in [0.5, 0.6) is 5.75 Å². The topological polar surface area (TPSA) is 46.6 Å². The second-order valence-corrected chi connectivity index (χ2v) is 7.46. The van der Waals surface area contributed by atoms with E-state index in [0.29, 0.717) is 5.69 Å². The van der Waals surface area contributed by atoms with Crippen molar-refractivity contribution in [2.75, 3.05) is 12.0 Å². The lowest BCUT2D eigenvalue weighted by Gasteiger charge is -2.20. The normalized spacial score (nSPS) is 32.9. The first-order valence-corrected chi connectivity index (χ1v) is 9.12.